The van der Waals surface area contributed by atoms with E-state index in [1.165, 1.54) is 0 Å². The number of nitro groups is 1. The predicted octanol–water partition coefficient (Wildman–Crippen LogP) is 0.409. The first-order valence-electron chi connectivity index (χ1n) is 1.01. The molecule has 0 aliphatic heterocycles. The average molecular weight is 104 g/mol. The van der Waals surface area contributed by atoms with Gasteiger partial charge in [0.15, 0.2) is 0 Å². The van der Waals surface area contributed by atoms with Gasteiger partial charge in [0.1, 0.15) is 0 Å². The van der Waals surface area contributed by atoms with E-state index in [0.29, 0.717) is 0 Å². The van der Waals surface area contributed by atoms with Crippen molar-refractivity contribution in [3.63, 3.8) is 0 Å². The van der Waals surface area contributed by atoms with Crippen molar-refractivity contribution < 1.29 is 5.03 Å². The summed E-state index contributed by atoms with van der Waals surface area (Å²) in [6.45, 7) is 0. The Morgan fingerprint density at radius 3 is 2.29 bits per heavy atom. The van der Waals surface area contributed by atoms with Crippen LogP contribution in [0.4, 0.5) is 0 Å². The van der Waals surface area contributed by atoms with Gasteiger partial charge in [0.05, 0.1) is 5.03 Å². The molecule has 0 heterocycles. The Bertz CT molecular complexity index is 92.4. The molecule has 0 aromatic rings. The largest absolute Gasteiger partial charge is 0.489 e. The zero-order chi connectivity index (χ0) is 4.99. The predicted molar refractivity (Wildman–Crippen MR) is 22.0 cm³/mol. The molecule has 0 saturated carbocycles. The van der Waals surface area contributed by atoms with Crippen LogP contribution in [0.2, 0.25) is 0 Å². The van der Waals surface area contributed by atoms with Crippen LogP contribution in [-0.4, -0.2) is 5.03 Å². The van der Waals surface area contributed by atoms with E-state index in [1.807, 2.05) is 0 Å². The van der Waals surface area contributed by atoms with Crippen LogP contribution in [0, 0.1) is 21.6 Å². The molecule has 0 atom stereocenters. The molecule has 0 spiro atoms. The van der Waals surface area contributed by atoms with Crippen molar-refractivity contribution >= 4 is 0 Å². The van der Waals surface area contributed by atoms with Crippen LogP contribution >= 0.6 is 0 Å². The highest BCUT2D eigenvalue weighted by Crippen LogP contribution is 1.75. The van der Waals surface area contributed by atoms with Gasteiger partial charge in [-0.3, -0.25) is 10.1 Å². The minimum atomic E-state index is -1.06. The number of rotatable bonds is 1. The fourth-order valence-electron chi connectivity index (χ4n) is 0.0365. The molecule has 0 aliphatic rings. The molecule has 0 aromatic heterocycles. The Balaban J connectivity index is 0. The molecule has 7 heavy (non-hydrogen) atoms. The summed E-state index contributed by atoms with van der Waals surface area (Å²) in [4.78, 5) is 9.02. The highest BCUT2D eigenvalue weighted by molar-refractivity contribution is 4.83. The van der Waals surface area contributed by atoms with E-state index < -0.39 is 5.03 Å². The lowest BCUT2D eigenvalue weighted by atomic mass is 11.4. The average Bonchev–Trinajstić information content (AvgIpc) is 1.35. The Hall–Kier alpha value is -1.35. The zero-order valence-electron chi connectivity index (χ0n) is 3.66. The highest BCUT2D eigenvalue weighted by atomic mass is 16.7. The van der Waals surface area contributed by atoms with E-state index in [9.17, 15) is 0 Å². The third-order valence-electron chi connectivity index (χ3n) is 0.126. The molecule has 0 saturated heterocycles. The molecule has 0 aromatic carbocycles. The fraction of sp³-hybridized carbons (Fsp3) is 0. The van der Waals surface area contributed by atoms with Gasteiger partial charge in [-0.25, -0.2) is 0 Å². The molecule has 0 aliphatic carbocycles. The lowest BCUT2D eigenvalue weighted by Gasteiger charge is -1.80. The maximum Gasteiger partial charge on any atom is 0.0971 e. The summed E-state index contributed by atoms with van der Waals surface area (Å²) in [5.74, 6) is 0. The second-order valence-corrected chi connectivity index (χ2v) is 0.438. The van der Waals surface area contributed by atoms with Gasteiger partial charge in [-0.15, -0.1) is 0 Å². The van der Waals surface area contributed by atoms with Gasteiger partial charge in [-0.05, 0) is 6.19 Å². The first-order chi connectivity index (χ1) is 2.77. The third kappa shape index (κ3) is 12.0. The molecule has 6 nitrogen and oxygen atoms in total. The van der Waals surface area contributed by atoms with Crippen molar-refractivity contribution in [2.45, 2.75) is 0 Å². The molecular weight excluding hydrogens is 100 g/mol. The van der Waals surface area contributed by atoms with Crippen molar-refractivity contribution in [3.8, 4) is 6.19 Å². The monoisotopic (exact) mass is 104 g/mol. The van der Waals surface area contributed by atoms with E-state index in [0.717, 1.165) is 6.19 Å². The minimum absolute atomic E-state index is 0. The second kappa shape index (κ2) is 4.65. The van der Waals surface area contributed by atoms with Crippen LogP contribution in [0.3, 0.4) is 0 Å². The Morgan fingerprint density at radius 1 is 1.86 bits per heavy atom. The maximum atomic E-state index is 9.02. The van der Waals surface area contributed by atoms with Crippen LogP contribution < -0.4 is 6.15 Å². The minimum Gasteiger partial charge on any atom is -0.489 e. The number of hydrogen-bond donors (Lipinski definition) is 1. The number of nitrogens with zero attached hydrogens (tertiary/aromatic N) is 3. The van der Waals surface area contributed by atoms with Gasteiger partial charge in [0.2, 0.25) is 0 Å². The third-order valence-corrected chi connectivity index (χ3v) is 0.126. The van der Waals surface area contributed by atoms with Crippen LogP contribution in [0.15, 0.2) is 0 Å². The lowest BCUT2D eigenvalue weighted by molar-refractivity contribution is -0.418. The van der Waals surface area contributed by atoms with Crippen molar-refractivity contribution in [1.29, 1.82) is 5.26 Å². The standard InChI is InChI=1S/CN3O2.H3N/c2-1-3-4(5)6;/h;1H3/q-1;/p+1. The molecular formula is CH4N4O2. The molecule has 0 amide bonds. The van der Waals surface area contributed by atoms with Crippen LogP contribution in [-0.2, 0) is 0 Å². The number of quaternary nitrogens is 1. The smallest absolute Gasteiger partial charge is 0.0971 e. The van der Waals surface area contributed by atoms with Gasteiger partial charge in [-0.2, -0.15) is 0 Å². The first-order valence-corrected chi connectivity index (χ1v) is 1.01. The summed E-state index contributed by atoms with van der Waals surface area (Å²) in [7, 11) is 0. The molecule has 6 heteroatoms. The van der Waals surface area contributed by atoms with Gasteiger partial charge in [0.25, 0.3) is 0 Å². The van der Waals surface area contributed by atoms with Gasteiger partial charge in [0, 0.05) is 0 Å². The highest BCUT2D eigenvalue weighted by Gasteiger charge is 1.72. The molecule has 0 unspecified atom stereocenters. The molecule has 0 rings (SSSR count). The number of nitriles is 1. The topological polar surface area (TPSA) is 118 Å². The van der Waals surface area contributed by atoms with Crippen molar-refractivity contribution in [3.05, 3.63) is 15.5 Å². The second-order valence-electron chi connectivity index (χ2n) is 0.438. The van der Waals surface area contributed by atoms with Gasteiger partial charge >= 0.3 is 0 Å². The summed E-state index contributed by atoms with van der Waals surface area (Å²) < 4.78 is 0. The van der Waals surface area contributed by atoms with Gasteiger partial charge in [-0.1, -0.05) is 5.43 Å². The van der Waals surface area contributed by atoms with Crippen LogP contribution in [0.25, 0.3) is 5.43 Å². The van der Waals surface area contributed by atoms with Crippen molar-refractivity contribution in [2.75, 3.05) is 0 Å². The van der Waals surface area contributed by atoms with Crippen LogP contribution in [0.5, 0.6) is 0 Å². The molecule has 4 N–H and O–H groups in total. The van der Waals surface area contributed by atoms with Crippen LogP contribution in [0.1, 0.15) is 0 Å². The Morgan fingerprint density at radius 2 is 2.29 bits per heavy atom. The lowest BCUT2D eigenvalue weighted by Crippen LogP contribution is -1.82. The summed E-state index contributed by atoms with van der Waals surface area (Å²) in [6.07, 6.45) is 0.993. The van der Waals surface area contributed by atoms with E-state index in [-0.39, 0.29) is 6.15 Å². The van der Waals surface area contributed by atoms with E-state index in [4.69, 9.17) is 15.4 Å². The molecule has 0 bridgehead atoms. The fourth-order valence-corrected chi connectivity index (χ4v) is 0.0365. The van der Waals surface area contributed by atoms with Crippen molar-refractivity contribution in [1.82, 2.24) is 6.15 Å². The summed E-state index contributed by atoms with van der Waals surface area (Å²) in [6, 6.07) is 0. The first kappa shape index (κ1) is 9.17. The zero-order valence-corrected chi connectivity index (χ0v) is 3.66. The maximum absolute atomic E-state index is 9.02. The van der Waals surface area contributed by atoms with Crippen molar-refractivity contribution in [2.24, 2.45) is 0 Å². The van der Waals surface area contributed by atoms with E-state index in [2.05, 4.69) is 5.43 Å². The summed E-state index contributed by atoms with van der Waals surface area (Å²) in [5, 5.41) is 15.3. The molecule has 0 radical (unpaired) electrons. The Labute approximate surface area is 39.4 Å². The van der Waals surface area contributed by atoms with E-state index in [1.54, 1.807) is 0 Å². The van der Waals surface area contributed by atoms with E-state index >= 15 is 0 Å². The SMILES string of the molecule is N#C[N-][N+](=O)[O-].[NH4+]. The number of hydrogen-bond acceptors (Lipinski definition) is 3. The normalized spacial score (nSPS) is 5.00. The van der Waals surface area contributed by atoms with Gasteiger partial charge < -0.3 is 11.4 Å². The summed E-state index contributed by atoms with van der Waals surface area (Å²) in [5.41, 5.74) is 2.15. The molecule has 40 valence electrons. The summed E-state index contributed by atoms with van der Waals surface area (Å²) >= 11 is 0. The quantitative estimate of drug-likeness (QED) is 0.294. The molecule has 0 fully saturated rings. The Kier molecular flexibility index (Phi) is 6.09.